The predicted molar refractivity (Wildman–Crippen MR) is 68.1 cm³/mol. The van der Waals surface area contributed by atoms with E-state index in [1.54, 1.807) is 12.1 Å². The Kier molecular flexibility index (Phi) is 6.35. The number of halogens is 5. The lowest BCUT2D eigenvalue weighted by atomic mass is 10.0. The molecule has 0 heterocycles. The summed E-state index contributed by atoms with van der Waals surface area (Å²) in [7, 11) is 0. The summed E-state index contributed by atoms with van der Waals surface area (Å²) in [4.78, 5) is 0. The number of nitrogens with two attached hydrogens (primary N) is 1. The van der Waals surface area contributed by atoms with Gasteiger partial charge in [0.2, 0.25) is 0 Å². The molecule has 1 aromatic rings. The third kappa shape index (κ3) is 3.63. The van der Waals surface area contributed by atoms with Crippen molar-refractivity contribution in [2.45, 2.75) is 12.0 Å². The summed E-state index contributed by atoms with van der Waals surface area (Å²) in [5.74, 6) is -3.33. The van der Waals surface area contributed by atoms with Gasteiger partial charge in [0.1, 0.15) is 6.61 Å². The number of aliphatic hydroxyl groups excluding tert-OH is 1. The number of benzene rings is 1. The van der Waals surface area contributed by atoms with Gasteiger partial charge in [0.05, 0.1) is 6.04 Å². The first-order valence-electron chi connectivity index (χ1n) is 4.07. The van der Waals surface area contributed by atoms with Crippen LogP contribution in [0.5, 0.6) is 0 Å². The SMILES string of the molecule is Cl.N[C@@H](c1cc(Br)ccc1Br)C(F)(F)CO. The molecule has 0 bridgehead atoms. The minimum atomic E-state index is -3.33. The van der Waals surface area contributed by atoms with Crippen LogP contribution in [0.4, 0.5) is 8.78 Å². The molecular formula is C9H10Br2ClF2NO. The molecule has 16 heavy (non-hydrogen) atoms. The van der Waals surface area contributed by atoms with Gasteiger partial charge in [-0.25, -0.2) is 8.78 Å². The van der Waals surface area contributed by atoms with Crippen LogP contribution in [0.1, 0.15) is 11.6 Å². The molecule has 0 aliphatic rings. The van der Waals surface area contributed by atoms with Gasteiger partial charge in [-0.15, -0.1) is 12.4 Å². The van der Waals surface area contributed by atoms with E-state index in [0.717, 1.165) is 0 Å². The van der Waals surface area contributed by atoms with Gasteiger partial charge in [-0.1, -0.05) is 31.9 Å². The highest BCUT2D eigenvalue weighted by atomic mass is 79.9. The number of aliphatic hydroxyl groups is 1. The van der Waals surface area contributed by atoms with Gasteiger partial charge in [-0.2, -0.15) is 0 Å². The number of hydrogen-bond acceptors (Lipinski definition) is 2. The minimum Gasteiger partial charge on any atom is -0.390 e. The smallest absolute Gasteiger partial charge is 0.289 e. The van der Waals surface area contributed by atoms with E-state index in [1.807, 2.05) is 0 Å². The molecule has 0 saturated carbocycles. The van der Waals surface area contributed by atoms with E-state index >= 15 is 0 Å². The Labute approximate surface area is 115 Å². The summed E-state index contributed by atoms with van der Waals surface area (Å²) < 4.78 is 27.4. The summed E-state index contributed by atoms with van der Waals surface area (Å²) in [5.41, 5.74) is 5.65. The largest absolute Gasteiger partial charge is 0.390 e. The molecule has 0 aromatic heterocycles. The molecule has 92 valence electrons. The second kappa shape index (κ2) is 6.26. The van der Waals surface area contributed by atoms with Crippen LogP contribution < -0.4 is 5.73 Å². The fraction of sp³-hybridized carbons (Fsp3) is 0.333. The molecule has 0 aliphatic heterocycles. The van der Waals surface area contributed by atoms with Crippen molar-refractivity contribution in [3.8, 4) is 0 Å². The van der Waals surface area contributed by atoms with Gasteiger partial charge in [-0.3, -0.25) is 0 Å². The minimum absolute atomic E-state index is 0. The van der Waals surface area contributed by atoms with Crippen molar-refractivity contribution >= 4 is 44.3 Å². The van der Waals surface area contributed by atoms with Crippen LogP contribution in [0.25, 0.3) is 0 Å². The highest BCUT2D eigenvalue weighted by Crippen LogP contribution is 2.34. The van der Waals surface area contributed by atoms with Crippen LogP contribution >= 0.6 is 44.3 Å². The zero-order chi connectivity index (χ0) is 11.6. The Morgan fingerprint density at radius 1 is 1.38 bits per heavy atom. The molecule has 0 aliphatic carbocycles. The van der Waals surface area contributed by atoms with E-state index in [4.69, 9.17) is 10.8 Å². The van der Waals surface area contributed by atoms with Gasteiger partial charge < -0.3 is 10.8 Å². The number of hydrogen-bond donors (Lipinski definition) is 2. The normalized spacial score (nSPS) is 13.1. The zero-order valence-electron chi connectivity index (χ0n) is 7.96. The molecule has 0 unspecified atom stereocenters. The van der Waals surface area contributed by atoms with Crippen molar-refractivity contribution in [1.29, 1.82) is 0 Å². The highest BCUT2D eigenvalue weighted by molar-refractivity contribution is 9.11. The third-order valence-corrected chi connectivity index (χ3v) is 3.17. The monoisotopic (exact) mass is 379 g/mol. The van der Waals surface area contributed by atoms with E-state index in [-0.39, 0.29) is 18.0 Å². The van der Waals surface area contributed by atoms with Crippen molar-refractivity contribution < 1.29 is 13.9 Å². The zero-order valence-corrected chi connectivity index (χ0v) is 11.9. The molecule has 7 heteroatoms. The topological polar surface area (TPSA) is 46.2 Å². The molecule has 0 saturated heterocycles. The van der Waals surface area contributed by atoms with Crippen LogP contribution in [0.3, 0.4) is 0 Å². The second-order valence-corrected chi connectivity index (χ2v) is 4.83. The highest BCUT2D eigenvalue weighted by Gasteiger charge is 2.38. The Morgan fingerprint density at radius 3 is 2.44 bits per heavy atom. The fourth-order valence-corrected chi connectivity index (χ4v) is 1.95. The van der Waals surface area contributed by atoms with Gasteiger partial charge >= 0.3 is 0 Å². The van der Waals surface area contributed by atoms with Crippen molar-refractivity contribution in [3.63, 3.8) is 0 Å². The molecule has 0 amide bonds. The van der Waals surface area contributed by atoms with Crippen molar-refractivity contribution in [1.82, 2.24) is 0 Å². The van der Waals surface area contributed by atoms with Crippen LogP contribution in [0.2, 0.25) is 0 Å². The Bertz CT molecular complexity index is 365. The number of rotatable bonds is 3. The summed E-state index contributed by atoms with van der Waals surface area (Å²) in [6.45, 7) is -1.27. The quantitative estimate of drug-likeness (QED) is 0.844. The van der Waals surface area contributed by atoms with Crippen molar-refractivity contribution in [2.24, 2.45) is 5.73 Å². The van der Waals surface area contributed by atoms with Gasteiger partial charge in [0.25, 0.3) is 5.92 Å². The van der Waals surface area contributed by atoms with Crippen LogP contribution in [0.15, 0.2) is 27.1 Å². The van der Waals surface area contributed by atoms with Crippen LogP contribution in [-0.2, 0) is 0 Å². The average molecular weight is 381 g/mol. The molecule has 2 nitrogen and oxygen atoms in total. The predicted octanol–water partition coefficient (Wildman–Crippen LogP) is 3.26. The van der Waals surface area contributed by atoms with E-state index in [1.165, 1.54) is 6.07 Å². The Hall–Kier alpha value is 0.250. The molecule has 0 fully saturated rings. The molecule has 1 atom stereocenters. The number of alkyl halides is 2. The lowest BCUT2D eigenvalue weighted by Gasteiger charge is -2.22. The standard InChI is InChI=1S/C9H9Br2F2NO.ClH/c10-5-1-2-7(11)6(3-5)8(14)9(12,13)4-15;/h1-3,8,15H,4,14H2;1H/t8-;/m0./s1. The summed E-state index contributed by atoms with van der Waals surface area (Å²) in [5, 5.41) is 8.53. The summed E-state index contributed by atoms with van der Waals surface area (Å²) >= 11 is 6.31. The summed E-state index contributed by atoms with van der Waals surface area (Å²) in [6, 6.07) is 3.29. The Balaban J connectivity index is 0.00000225. The van der Waals surface area contributed by atoms with Crippen molar-refractivity contribution in [2.75, 3.05) is 6.61 Å². The third-order valence-electron chi connectivity index (χ3n) is 1.96. The van der Waals surface area contributed by atoms with Crippen LogP contribution in [-0.4, -0.2) is 17.6 Å². The van der Waals surface area contributed by atoms with E-state index in [2.05, 4.69) is 31.9 Å². The molecule has 3 N–H and O–H groups in total. The van der Waals surface area contributed by atoms with Gasteiger partial charge in [-0.05, 0) is 23.8 Å². The fourth-order valence-electron chi connectivity index (χ4n) is 1.08. The average Bonchev–Trinajstić information content (AvgIpc) is 2.20. The van der Waals surface area contributed by atoms with Crippen molar-refractivity contribution in [3.05, 3.63) is 32.7 Å². The van der Waals surface area contributed by atoms with E-state index < -0.39 is 18.6 Å². The van der Waals surface area contributed by atoms with E-state index in [0.29, 0.717) is 8.95 Å². The molecule has 0 spiro atoms. The lowest BCUT2D eigenvalue weighted by Crippen LogP contribution is -2.36. The molecular weight excluding hydrogens is 371 g/mol. The Morgan fingerprint density at radius 2 is 1.94 bits per heavy atom. The first kappa shape index (κ1) is 16.2. The maximum Gasteiger partial charge on any atom is 0.289 e. The van der Waals surface area contributed by atoms with Crippen LogP contribution in [0, 0.1) is 0 Å². The maximum absolute atomic E-state index is 13.1. The van der Waals surface area contributed by atoms with Gasteiger partial charge in [0, 0.05) is 8.95 Å². The maximum atomic E-state index is 13.1. The molecule has 0 radical (unpaired) electrons. The first-order chi connectivity index (χ1) is 6.88. The first-order valence-corrected chi connectivity index (χ1v) is 5.66. The summed E-state index contributed by atoms with van der Waals surface area (Å²) in [6.07, 6.45) is 0. The van der Waals surface area contributed by atoms with Gasteiger partial charge in [0.15, 0.2) is 0 Å². The lowest BCUT2D eigenvalue weighted by molar-refractivity contribution is -0.0713. The second-order valence-electron chi connectivity index (χ2n) is 3.06. The molecule has 1 rings (SSSR count). The molecule has 1 aromatic carbocycles. The van der Waals surface area contributed by atoms with E-state index in [9.17, 15) is 8.78 Å².